The molecule has 9 aromatic rings. The van der Waals surface area contributed by atoms with Gasteiger partial charge in [0.25, 0.3) is 0 Å². The summed E-state index contributed by atoms with van der Waals surface area (Å²) < 4.78 is 6.60. The molecule has 0 amide bonds. The Morgan fingerprint density at radius 3 is 2.08 bits per heavy atom. The zero-order valence-corrected chi connectivity index (χ0v) is 29.2. The van der Waals surface area contributed by atoms with Gasteiger partial charge in [0.2, 0.25) is 0 Å². The van der Waals surface area contributed by atoms with Crippen molar-refractivity contribution in [3.05, 3.63) is 197 Å². The standard InChI is InChI=1S/C48H29N3OS/c1-2-12-32(13-3-1)41-28-42(34-14-10-24-49-29-34)51-47(50-41)33-23-22-31-21-20-30-11-4-6-16-37(30)48(39(31)25-33)38-17-7-9-19-45(38)53-46-26-36-35-15-5-8-18-43(35)52-44(36)27-40(46)48/h1-29H. The van der Waals surface area contributed by atoms with E-state index in [2.05, 4.69) is 132 Å². The maximum absolute atomic E-state index is 6.60. The zero-order chi connectivity index (χ0) is 34.9. The molecule has 0 N–H and O–H groups in total. The summed E-state index contributed by atoms with van der Waals surface area (Å²) >= 11 is 1.84. The molecule has 11 rings (SSSR count). The number of aromatic nitrogens is 3. The molecule has 1 spiro atoms. The molecule has 0 saturated carbocycles. The van der Waals surface area contributed by atoms with Crippen LogP contribution in [-0.4, -0.2) is 15.0 Å². The average molecular weight is 696 g/mol. The lowest BCUT2D eigenvalue weighted by molar-refractivity contribution is 0.659. The Morgan fingerprint density at radius 1 is 0.472 bits per heavy atom. The van der Waals surface area contributed by atoms with Gasteiger partial charge < -0.3 is 4.42 Å². The van der Waals surface area contributed by atoms with Gasteiger partial charge in [0, 0.05) is 49.6 Å². The highest BCUT2D eigenvalue weighted by atomic mass is 32.2. The molecule has 6 aromatic carbocycles. The second-order valence-corrected chi connectivity index (χ2v) is 14.7. The van der Waals surface area contributed by atoms with Crippen LogP contribution < -0.4 is 0 Å². The average Bonchev–Trinajstić information content (AvgIpc) is 3.52. The van der Waals surface area contributed by atoms with E-state index in [-0.39, 0.29) is 0 Å². The first-order valence-corrected chi connectivity index (χ1v) is 18.6. The highest BCUT2D eigenvalue weighted by Crippen LogP contribution is 2.59. The summed E-state index contributed by atoms with van der Waals surface area (Å²) in [6.07, 6.45) is 8.18. The largest absolute Gasteiger partial charge is 0.456 e. The topological polar surface area (TPSA) is 51.8 Å². The first kappa shape index (κ1) is 30.1. The molecule has 0 fully saturated rings. The lowest BCUT2D eigenvalue weighted by atomic mass is 9.63. The minimum Gasteiger partial charge on any atom is -0.456 e. The number of pyridine rings is 1. The molecule has 4 nitrogen and oxygen atoms in total. The van der Waals surface area contributed by atoms with Gasteiger partial charge >= 0.3 is 0 Å². The Labute approximate surface area is 310 Å². The Balaban J connectivity index is 1.23. The fraction of sp³-hybridized carbons (Fsp3) is 0.0208. The summed E-state index contributed by atoms with van der Waals surface area (Å²) in [6.45, 7) is 0. The van der Waals surface area contributed by atoms with Crippen LogP contribution in [-0.2, 0) is 5.41 Å². The maximum Gasteiger partial charge on any atom is 0.160 e. The molecule has 2 aliphatic rings. The molecular formula is C48H29N3OS. The summed E-state index contributed by atoms with van der Waals surface area (Å²) in [4.78, 5) is 17.3. The molecule has 0 saturated heterocycles. The Morgan fingerprint density at radius 2 is 1.21 bits per heavy atom. The van der Waals surface area contributed by atoms with Crippen molar-refractivity contribution >= 4 is 45.9 Å². The Kier molecular flexibility index (Phi) is 6.67. The summed E-state index contributed by atoms with van der Waals surface area (Å²) in [5, 5.41) is 2.26. The first-order valence-electron chi connectivity index (χ1n) is 17.7. The number of nitrogens with zero attached hydrogens (tertiary/aromatic N) is 3. The third-order valence-corrected chi connectivity index (χ3v) is 11.8. The molecule has 1 unspecified atom stereocenters. The van der Waals surface area contributed by atoms with E-state index in [0.29, 0.717) is 5.82 Å². The minimum absolute atomic E-state index is 0.663. The fourth-order valence-corrected chi connectivity index (χ4v) is 9.52. The number of furan rings is 1. The molecule has 4 heterocycles. The van der Waals surface area contributed by atoms with Crippen molar-refractivity contribution in [1.82, 2.24) is 15.0 Å². The number of para-hydroxylation sites is 1. The van der Waals surface area contributed by atoms with Gasteiger partial charge in [-0.15, -0.1) is 0 Å². The van der Waals surface area contributed by atoms with Crippen LogP contribution in [0.2, 0.25) is 0 Å². The van der Waals surface area contributed by atoms with Gasteiger partial charge in [-0.1, -0.05) is 127 Å². The predicted octanol–water partition coefficient (Wildman–Crippen LogP) is 12.1. The summed E-state index contributed by atoms with van der Waals surface area (Å²) in [5.74, 6) is 0.663. The second kappa shape index (κ2) is 11.7. The summed E-state index contributed by atoms with van der Waals surface area (Å²) in [7, 11) is 0. The van der Waals surface area contributed by atoms with Gasteiger partial charge in [-0.3, -0.25) is 4.98 Å². The van der Waals surface area contributed by atoms with Crippen molar-refractivity contribution in [1.29, 1.82) is 0 Å². The molecule has 5 heteroatoms. The van der Waals surface area contributed by atoms with Crippen molar-refractivity contribution in [3.63, 3.8) is 0 Å². The Bertz CT molecular complexity index is 2880. The van der Waals surface area contributed by atoms with E-state index in [1.807, 2.05) is 54.4 Å². The molecule has 1 atom stereocenters. The number of hydrogen-bond acceptors (Lipinski definition) is 5. The predicted molar refractivity (Wildman–Crippen MR) is 215 cm³/mol. The third kappa shape index (κ3) is 4.61. The third-order valence-electron chi connectivity index (χ3n) is 10.7. The highest BCUT2D eigenvalue weighted by molar-refractivity contribution is 7.99. The lowest BCUT2D eigenvalue weighted by Crippen LogP contribution is -2.35. The molecule has 53 heavy (non-hydrogen) atoms. The van der Waals surface area contributed by atoms with E-state index in [0.717, 1.165) is 55.6 Å². The van der Waals surface area contributed by atoms with Crippen LogP contribution >= 0.6 is 11.8 Å². The maximum atomic E-state index is 6.60. The van der Waals surface area contributed by atoms with Crippen LogP contribution in [0.25, 0.3) is 68.0 Å². The van der Waals surface area contributed by atoms with Crippen molar-refractivity contribution in [3.8, 4) is 33.9 Å². The SMILES string of the molecule is C1=Cc2ccc(-c3nc(-c4ccccc4)cc(-c4cccnc4)n3)cc2C2(c3ccccc31)c1ccccc1Sc1cc3c(cc12)oc1ccccc13. The number of rotatable bonds is 3. The van der Waals surface area contributed by atoms with Crippen molar-refractivity contribution in [2.45, 2.75) is 15.2 Å². The number of benzene rings is 6. The van der Waals surface area contributed by atoms with Crippen molar-refractivity contribution in [2.75, 3.05) is 0 Å². The van der Waals surface area contributed by atoms with Gasteiger partial charge in [0.15, 0.2) is 5.82 Å². The highest BCUT2D eigenvalue weighted by Gasteiger charge is 2.47. The lowest BCUT2D eigenvalue weighted by Gasteiger charge is -2.42. The van der Waals surface area contributed by atoms with Crippen LogP contribution in [0.1, 0.15) is 33.4 Å². The molecule has 1 aliphatic carbocycles. The molecule has 0 bridgehead atoms. The van der Waals surface area contributed by atoms with E-state index in [1.54, 1.807) is 6.20 Å². The quantitative estimate of drug-likeness (QED) is 0.184. The van der Waals surface area contributed by atoms with Crippen molar-refractivity contribution in [2.24, 2.45) is 0 Å². The molecular weight excluding hydrogens is 667 g/mol. The minimum atomic E-state index is -0.668. The Hall–Kier alpha value is -6.56. The van der Waals surface area contributed by atoms with Crippen molar-refractivity contribution < 1.29 is 4.42 Å². The summed E-state index contributed by atoms with van der Waals surface area (Å²) in [6, 6.07) is 53.8. The van der Waals surface area contributed by atoms with Crippen LogP contribution in [0.15, 0.2) is 178 Å². The number of fused-ring (bicyclic) bond motifs is 11. The smallest absolute Gasteiger partial charge is 0.160 e. The normalized spacial score (nSPS) is 15.5. The van der Waals surface area contributed by atoms with E-state index >= 15 is 0 Å². The van der Waals surface area contributed by atoms with Crippen LogP contribution in [0.3, 0.4) is 0 Å². The molecule has 248 valence electrons. The second-order valence-electron chi connectivity index (χ2n) is 13.6. The van der Waals surface area contributed by atoms with Gasteiger partial charge in [-0.25, -0.2) is 9.97 Å². The first-order chi connectivity index (χ1) is 26.2. The van der Waals surface area contributed by atoms with Crippen LogP contribution in [0.5, 0.6) is 0 Å². The van der Waals surface area contributed by atoms with Gasteiger partial charge in [-0.2, -0.15) is 0 Å². The van der Waals surface area contributed by atoms with E-state index in [4.69, 9.17) is 14.4 Å². The monoisotopic (exact) mass is 695 g/mol. The van der Waals surface area contributed by atoms with Gasteiger partial charge in [-0.05, 0) is 81.9 Å². The van der Waals surface area contributed by atoms with E-state index < -0.39 is 5.41 Å². The van der Waals surface area contributed by atoms with E-state index in [1.165, 1.54) is 37.6 Å². The molecule has 1 aliphatic heterocycles. The van der Waals surface area contributed by atoms with Crippen LogP contribution in [0, 0.1) is 0 Å². The zero-order valence-electron chi connectivity index (χ0n) is 28.4. The van der Waals surface area contributed by atoms with E-state index in [9.17, 15) is 0 Å². The summed E-state index contributed by atoms with van der Waals surface area (Å²) in [5.41, 5.74) is 12.9. The number of hydrogen-bond donors (Lipinski definition) is 0. The molecule has 0 radical (unpaired) electrons. The molecule has 3 aromatic heterocycles. The van der Waals surface area contributed by atoms with Gasteiger partial charge in [0.1, 0.15) is 11.2 Å². The van der Waals surface area contributed by atoms with Crippen LogP contribution in [0.4, 0.5) is 0 Å². The fourth-order valence-electron chi connectivity index (χ4n) is 8.31. The van der Waals surface area contributed by atoms with Gasteiger partial charge in [0.05, 0.1) is 16.8 Å².